The van der Waals surface area contributed by atoms with Gasteiger partial charge in [-0.3, -0.25) is 4.79 Å². The highest BCUT2D eigenvalue weighted by atomic mass is 16.5. The van der Waals surface area contributed by atoms with E-state index in [0.717, 1.165) is 17.0 Å². The maximum absolute atomic E-state index is 12.0. The van der Waals surface area contributed by atoms with Gasteiger partial charge in [-0.2, -0.15) is 0 Å². The lowest BCUT2D eigenvalue weighted by atomic mass is 10.1. The molecule has 1 N–H and O–H groups in total. The molecule has 0 radical (unpaired) electrons. The van der Waals surface area contributed by atoms with Crippen molar-refractivity contribution in [1.82, 2.24) is 9.97 Å². The van der Waals surface area contributed by atoms with Crippen molar-refractivity contribution in [3.8, 4) is 17.1 Å². The van der Waals surface area contributed by atoms with Gasteiger partial charge in [0.05, 0.1) is 31.1 Å². The molecule has 0 aliphatic carbocycles. The first-order valence-corrected chi connectivity index (χ1v) is 6.71. The Morgan fingerprint density at radius 3 is 2.90 bits per heavy atom. The summed E-state index contributed by atoms with van der Waals surface area (Å²) in [7, 11) is 0. The second kappa shape index (κ2) is 5.46. The summed E-state index contributed by atoms with van der Waals surface area (Å²) in [6.45, 7) is 3.54. The zero-order valence-corrected chi connectivity index (χ0v) is 11.3. The molecular weight excluding hydrogens is 256 g/mol. The van der Waals surface area contributed by atoms with Crippen molar-refractivity contribution in [2.75, 3.05) is 13.2 Å². The number of hydrogen-bond acceptors (Lipinski definition) is 4. The van der Waals surface area contributed by atoms with Crippen LogP contribution in [0.1, 0.15) is 18.2 Å². The van der Waals surface area contributed by atoms with Gasteiger partial charge in [-0.25, -0.2) is 4.98 Å². The van der Waals surface area contributed by atoms with Crippen molar-refractivity contribution in [3.05, 3.63) is 45.9 Å². The van der Waals surface area contributed by atoms with Crippen LogP contribution in [0.4, 0.5) is 0 Å². The molecular formula is C15H16N2O3. The number of nitrogens with one attached hydrogen (secondary N) is 1. The third-order valence-electron chi connectivity index (χ3n) is 3.27. The van der Waals surface area contributed by atoms with Gasteiger partial charge < -0.3 is 14.5 Å². The van der Waals surface area contributed by atoms with E-state index in [1.807, 2.05) is 31.2 Å². The average Bonchev–Trinajstić information content (AvgIpc) is 2.48. The van der Waals surface area contributed by atoms with Gasteiger partial charge in [0.1, 0.15) is 11.6 Å². The van der Waals surface area contributed by atoms with E-state index in [-0.39, 0.29) is 5.56 Å². The summed E-state index contributed by atoms with van der Waals surface area (Å²) in [6, 6.07) is 7.55. The quantitative estimate of drug-likeness (QED) is 0.927. The van der Waals surface area contributed by atoms with Crippen LogP contribution in [0.5, 0.6) is 5.75 Å². The summed E-state index contributed by atoms with van der Waals surface area (Å²) in [5, 5.41) is 0. The Labute approximate surface area is 116 Å². The van der Waals surface area contributed by atoms with E-state index in [0.29, 0.717) is 37.6 Å². The Hall–Kier alpha value is -2.14. The van der Waals surface area contributed by atoms with E-state index in [2.05, 4.69) is 9.97 Å². The first kappa shape index (κ1) is 12.9. The molecule has 0 unspecified atom stereocenters. The van der Waals surface area contributed by atoms with Crippen molar-refractivity contribution in [1.29, 1.82) is 0 Å². The molecule has 1 aliphatic heterocycles. The third kappa shape index (κ3) is 2.44. The van der Waals surface area contributed by atoms with Crippen molar-refractivity contribution in [2.24, 2.45) is 0 Å². The van der Waals surface area contributed by atoms with E-state index in [1.165, 1.54) is 0 Å². The van der Waals surface area contributed by atoms with Gasteiger partial charge in [-0.1, -0.05) is 0 Å². The van der Waals surface area contributed by atoms with Crippen LogP contribution in [-0.2, 0) is 17.8 Å². The number of H-pyrrole nitrogens is 1. The summed E-state index contributed by atoms with van der Waals surface area (Å²) in [6.07, 6.45) is 0.684. The number of benzene rings is 1. The SMILES string of the molecule is CCOc1ccc(-c2nc3c(c(=O)[nH]2)COCC3)cc1. The highest BCUT2D eigenvalue weighted by molar-refractivity contribution is 5.56. The van der Waals surface area contributed by atoms with Crippen molar-refractivity contribution < 1.29 is 9.47 Å². The predicted octanol–water partition coefficient (Wildman–Crippen LogP) is 1.91. The number of nitrogens with zero attached hydrogens (tertiary/aromatic N) is 1. The zero-order valence-electron chi connectivity index (χ0n) is 11.3. The minimum atomic E-state index is -0.112. The lowest BCUT2D eigenvalue weighted by Gasteiger charge is -2.15. The molecule has 1 aliphatic rings. The maximum Gasteiger partial charge on any atom is 0.256 e. The summed E-state index contributed by atoms with van der Waals surface area (Å²) in [5.74, 6) is 1.41. The summed E-state index contributed by atoms with van der Waals surface area (Å²) >= 11 is 0. The van der Waals surface area contributed by atoms with Crippen LogP contribution < -0.4 is 10.3 Å². The minimum Gasteiger partial charge on any atom is -0.494 e. The van der Waals surface area contributed by atoms with Crippen LogP contribution >= 0.6 is 0 Å². The van der Waals surface area contributed by atoms with E-state index >= 15 is 0 Å². The van der Waals surface area contributed by atoms with E-state index in [4.69, 9.17) is 9.47 Å². The Morgan fingerprint density at radius 2 is 2.15 bits per heavy atom. The van der Waals surface area contributed by atoms with Crippen LogP contribution in [0.2, 0.25) is 0 Å². The summed E-state index contributed by atoms with van der Waals surface area (Å²) in [4.78, 5) is 19.4. The van der Waals surface area contributed by atoms with Gasteiger partial charge >= 0.3 is 0 Å². The molecule has 2 aromatic rings. The number of hydrogen-bond donors (Lipinski definition) is 1. The molecule has 20 heavy (non-hydrogen) atoms. The lowest BCUT2D eigenvalue weighted by molar-refractivity contribution is 0.108. The van der Waals surface area contributed by atoms with Gasteiger partial charge in [0.2, 0.25) is 0 Å². The second-order valence-corrected chi connectivity index (χ2v) is 4.60. The lowest BCUT2D eigenvalue weighted by Crippen LogP contribution is -2.24. The predicted molar refractivity (Wildman–Crippen MR) is 74.8 cm³/mol. The molecule has 0 atom stereocenters. The topological polar surface area (TPSA) is 64.2 Å². The fourth-order valence-corrected chi connectivity index (χ4v) is 2.26. The fourth-order valence-electron chi connectivity index (χ4n) is 2.26. The van der Waals surface area contributed by atoms with Crippen LogP contribution in [0.25, 0.3) is 11.4 Å². The molecule has 0 amide bonds. The van der Waals surface area contributed by atoms with Crippen LogP contribution in [0.3, 0.4) is 0 Å². The first-order chi connectivity index (χ1) is 9.78. The molecule has 0 fully saturated rings. The molecule has 3 rings (SSSR count). The van der Waals surface area contributed by atoms with E-state index < -0.39 is 0 Å². The zero-order chi connectivity index (χ0) is 13.9. The maximum atomic E-state index is 12.0. The minimum absolute atomic E-state index is 0.112. The first-order valence-electron chi connectivity index (χ1n) is 6.71. The smallest absolute Gasteiger partial charge is 0.256 e. The van der Waals surface area contributed by atoms with Gasteiger partial charge in [-0.15, -0.1) is 0 Å². The molecule has 5 heteroatoms. The molecule has 104 valence electrons. The third-order valence-corrected chi connectivity index (χ3v) is 3.27. The van der Waals surface area contributed by atoms with Gasteiger partial charge in [0, 0.05) is 12.0 Å². The molecule has 0 saturated carbocycles. The number of rotatable bonds is 3. The summed E-state index contributed by atoms with van der Waals surface area (Å²) in [5.41, 5.74) is 2.24. The average molecular weight is 272 g/mol. The van der Waals surface area contributed by atoms with Crippen molar-refractivity contribution >= 4 is 0 Å². The molecule has 1 aromatic carbocycles. The Bertz CT molecular complexity index is 662. The molecule has 2 heterocycles. The van der Waals surface area contributed by atoms with E-state index in [9.17, 15) is 4.79 Å². The fraction of sp³-hybridized carbons (Fsp3) is 0.333. The van der Waals surface area contributed by atoms with Crippen molar-refractivity contribution in [3.63, 3.8) is 0 Å². The van der Waals surface area contributed by atoms with Crippen LogP contribution in [0.15, 0.2) is 29.1 Å². The van der Waals surface area contributed by atoms with Crippen LogP contribution in [0, 0.1) is 0 Å². The molecule has 0 bridgehead atoms. The second-order valence-electron chi connectivity index (χ2n) is 4.60. The number of ether oxygens (including phenoxy) is 2. The standard InChI is InChI=1S/C15H16N2O3/c1-2-20-11-5-3-10(4-6-11)14-16-13-7-8-19-9-12(13)15(18)17-14/h3-6H,2,7-9H2,1H3,(H,16,17,18). The monoisotopic (exact) mass is 272 g/mol. The van der Waals surface area contributed by atoms with Crippen molar-refractivity contribution in [2.45, 2.75) is 20.0 Å². The molecule has 1 aromatic heterocycles. The number of aromatic nitrogens is 2. The number of fused-ring (bicyclic) bond motifs is 1. The highest BCUT2D eigenvalue weighted by Crippen LogP contribution is 2.20. The normalized spacial score (nSPS) is 13.8. The molecule has 0 saturated heterocycles. The van der Waals surface area contributed by atoms with E-state index in [1.54, 1.807) is 0 Å². The van der Waals surface area contributed by atoms with Gasteiger partial charge in [-0.05, 0) is 31.2 Å². The summed E-state index contributed by atoms with van der Waals surface area (Å²) < 4.78 is 10.7. The Morgan fingerprint density at radius 1 is 1.35 bits per heavy atom. The number of aromatic amines is 1. The molecule has 5 nitrogen and oxygen atoms in total. The largest absolute Gasteiger partial charge is 0.494 e. The Balaban J connectivity index is 1.97. The van der Waals surface area contributed by atoms with Crippen LogP contribution in [-0.4, -0.2) is 23.2 Å². The molecule has 0 spiro atoms. The highest BCUT2D eigenvalue weighted by Gasteiger charge is 2.16. The van der Waals surface area contributed by atoms with Gasteiger partial charge in [0.15, 0.2) is 0 Å². The van der Waals surface area contributed by atoms with Gasteiger partial charge in [0.25, 0.3) is 5.56 Å². The Kier molecular flexibility index (Phi) is 3.52.